The fraction of sp³-hybridized carbons (Fsp3) is 0.125. The molecule has 1 aliphatic rings. The predicted molar refractivity (Wildman–Crippen MR) is 57.8 cm³/mol. The van der Waals surface area contributed by atoms with Gasteiger partial charge in [-0.05, 0) is 12.1 Å². The van der Waals surface area contributed by atoms with E-state index in [1.54, 1.807) is 12.1 Å². The summed E-state index contributed by atoms with van der Waals surface area (Å²) in [6.07, 6.45) is 1.22. The van der Waals surface area contributed by atoms with Crippen molar-refractivity contribution in [3.63, 3.8) is 0 Å². The molecular weight excluding hydrogens is 286 g/mol. The van der Waals surface area contributed by atoms with E-state index in [9.17, 15) is 8.42 Å². The van der Waals surface area contributed by atoms with Gasteiger partial charge in [0.15, 0.2) is 11.5 Å². The molecule has 80 valence electrons. The van der Waals surface area contributed by atoms with Gasteiger partial charge in [0.2, 0.25) is 0 Å². The van der Waals surface area contributed by atoms with Crippen molar-refractivity contribution < 1.29 is 17.3 Å². The second-order valence-corrected chi connectivity index (χ2v) is 4.92. The van der Waals surface area contributed by atoms with Crippen LogP contribution in [-0.2, 0) is 10.3 Å². The van der Waals surface area contributed by atoms with Crippen LogP contribution in [0.5, 0.6) is 11.5 Å². The number of ether oxygens (including phenoxy) is 1. The maximum atomic E-state index is 11.1. The van der Waals surface area contributed by atoms with Crippen molar-refractivity contribution in [2.45, 2.75) is 0 Å². The van der Waals surface area contributed by atoms with Crippen LogP contribution in [0.2, 0.25) is 0 Å². The minimum Gasteiger partial charge on any atom is -0.493 e. The number of hydrogen-bond donors (Lipinski definition) is 0. The Balaban J connectivity index is 2.66. The quantitative estimate of drug-likeness (QED) is 0.787. The van der Waals surface area contributed by atoms with Gasteiger partial charge < -0.3 is 8.92 Å². The number of rotatable bonds is 1. The van der Waals surface area contributed by atoms with Crippen molar-refractivity contribution in [2.75, 3.05) is 7.11 Å². The summed E-state index contributed by atoms with van der Waals surface area (Å²) < 4.78 is 35.9. The van der Waals surface area contributed by atoms with Gasteiger partial charge in [-0.2, -0.15) is 8.42 Å². The number of halogens is 1. The monoisotopic (exact) mass is 291 g/mol. The molecule has 1 aromatic rings. The van der Waals surface area contributed by atoms with Gasteiger partial charge in [0.25, 0.3) is 0 Å². The fourth-order valence-electron chi connectivity index (χ4n) is 1.17. The van der Waals surface area contributed by atoms with E-state index in [2.05, 4.69) is 20.3 Å². The Kier molecular flexibility index (Phi) is 2.43. The molecule has 7 heteroatoms. The highest BCUT2D eigenvalue weighted by atomic mass is 79.9. The Morgan fingerprint density at radius 1 is 1.47 bits per heavy atom. The van der Waals surface area contributed by atoms with E-state index in [-0.39, 0.29) is 5.75 Å². The molecule has 2 rings (SSSR count). The van der Waals surface area contributed by atoms with E-state index in [0.717, 1.165) is 4.47 Å². The molecule has 0 aromatic heterocycles. The molecule has 0 fully saturated rings. The lowest BCUT2D eigenvalue weighted by atomic mass is 10.2. The summed E-state index contributed by atoms with van der Waals surface area (Å²) in [6.45, 7) is 0. The Bertz CT molecular complexity index is 538. The van der Waals surface area contributed by atoms with Crippen LogP contribution in [0.25, 0.3) is 0 Å². The summed E-state index contributed by atoms with van der Waals surface area (Å²) in [4.78, 5) is 0. The summed E-state index contributed by atoms with van der Waals surface area (Å²) in [5.41, 5.74) is 0.552. The Morgan fingerprint density at radius 3 is 2.87 bits per heavy atom. The molecule has 0 saturated heterocycles. The molecule has 0 amide bonds. The van der Waals surface area contributed by atoms with Crippen molar-refractivity contribution in [1.29, 1.82) is 0 Å². The normalized spacial score (nSPS) is 16.7. The average molecular weight is 292 g/mol. The fourth-order valence-corrected chi connectivity index (χ4v) is 2.30. The van der Waals surface area contributed by atoms with Gasteiger partial charge in [0, 0.05) is 10.0 Å². The minimum absolute atomic E-state index is 0.163. The summed E-state index contributed by atoms with van der Waals surface area (Å²) in [6, 6.07) is 3.31. The van der Waals surface area contributed by atoms with Gasteiger partial charge in [-0.15, -0.1) is 4.40 Å². The zero-order valence-corrected chi connectivity index (χ0v) is 10.0. The third kappa shape index (κ3) is 1.98. The van der Waals surface area contributed by atoms with E-state index < -0.39 is 10.3 Å². The van der Waals surface area contributed by atoms with Crippen LogP contribution >= 0.6 is 15.9 Å². The minimum atomic E-state index is -3.87. The highest BCUT2D eigenvalue weighted by Crippen LogP contribution is 2.36. The van der Waals surface area contributed by atoms with Crippen LogP contribution in [0.15, 0.2) is 21.0 Å². The zero-order valence-electron chi connectivity index (χ0n) is 7.60. The van der Waals surface area contributed by atoms with Crippen molar-refractivity contribution in [2.24, 2.45) is 4.40 Å². The molecule has 1 aliphatic heterocycles. The first kappa shape index (κ1) is 10.4. The lowest BCUT2D eigenvalue weighted by molar-refractivity contribution is 0.389. The Labute approximate surface area is 95.1 Å². The SMILES string of the molecule is COc1cc(Br)cc2c1OS(=O)(=O)N=C2. The van der Waals surface area contributed by atoms with Gasteiger partial charge in [0.1, 0.15) is 0 Å². The number of fused-ring (bicyclic) bond motifs is 1. The van der Waals surface area contributed by atoms with E-state index in [1.807, 2.05) is 0 Å². The van der Waals surface area contributed by atoms with E-state index >= 15 is 0 Å². The smallest absolute Gasteiger partial charge is 0.428 e. The van der Waals surface area contributed by atoms with Crippen LogP contribution < -0.4 is 8.92 Å². The molecule has 0 bridgehead atoms. The predicted octanol–water partition coefficient (Wildman–Crippen LogP) is 1.51. The molecule has 0 N–H and O–H groups in total. The first-order valence-corrected chi connectivity index (χ1v) is 6.05. The van der Waals surface area contributed by atoms with Gasteiger partial charge in [-0.1, -0.05) is 15.9 Å². The zero-order chi connectivity index (χ0) is 11.1. The molecule has 0 radical (unpaired) electrons. The topological polar surface area (TPSA) is 65.0 Å². The van der Waals surface area contributed by atoms with Crippen molar-refractivity contribution in [3.05, 3.63) is 22.2 Å². The average Bonchev–Trinajstić information content (AvgIpc) is 2.17. The van der Waals surface area contributed by atoms with Gasteiger partial charge in [0.05, 0.1) is 13.3 Å². The molecule has 15 heavy (non-hydrogen) atoms. The number of hydrogen-bond acceptors (Lipinski definition) is 4. The third-order valence-corrected chi connectivity index (χ3v) is 2.98. The molecule has 0 spiro atoms. The first-order chi connectivity index (χ1) is 7.02. The molecule has 0 atom stereocenters. The van der Waals surface area contributed by atoms with Crippen LogP contribution in [0.1, 0.15) is 5.56 Å². The molecule has 0 aliphatic carbocycles. The van der Waals surface area contributed by atoms with Crippen molar-refractivity contribution >= 4 is 32.4 Å². The van der Waals surface area contributed by atoms with Gasteiger partial charge >= 0.3 is 10.3 Å². The third-order valence-electron chi connectivity index (χ3n) is 1.78. The largest absolute Gasteiger partial charge is 0.493 e. The number of nitrogens with zero attached hydrogens (tertiary/aromatic N) is 1. The lowest BCUT2D eigenvalue weighted by Crippen LogP contribution is -2.13. The van der Waals surface area contributed by atoms with E-state index in [4.69, 9.17) is 8.92 Å². The maximum absolute atomic E-state index is 11.1. The highest BCUT2D eigenvalue weighted by Gasteiger charge is 2.22. The Hall–Kier alpha value is -1.08. The second kappa shape index (κ2) is 3.49. The van der Waals surface area contributed by atoms with Gasteiger partial charge in [-0.25, -0.2) is 0 Å². The standard InChI is InChI=1S/C8H6BrNO4S/c1-13-7-3-6(9)2-5-4-10-15(11,12)14-8(5)7/h2-4H,1H3. The molecule has 5 nitrogen and oxygen atoms in total. The second-order valence-electron chi connectivity index (χ2n) is 2.77. The molecule has 1 heterocycles. The molecular formula is C8H6BrNO4S. The van der Waals surface area contributed by atoms with Crippen LogP contribution in [-0.4, -0.2) is 21.7 Å². The number of methoxy groups -OCH3 is 1. The van der Waals surface area contributed by atoms with Crippen LogP contribution in [0.3, 0.4) is 0 Å². The summed E-state index contributed by atoms with van der Waals surface area (Å²) in [7, 11) is -2.43. The summed E-state index contributed by atoms with van der Waals surface area (Å²) >= 11 is 3.26. The van der Waals surface area contributed by atoms with E-state index in [1.165, 1.54) is 13.3 Å². The van der Waals surface area contributed by atoms with Crippen molar-refractivity contribution in [3.8, 4) is 11.5 Å². The highest BCUT2D eigenvalue weighted by molar-refractivity contribution is 9.10. The van der Waals surface area contributed by atoms with Crippen LogP contribution in [0, 0.1) is 0 Å². The van der Waals surface area contributed by atoms with Crippen LogP contribution in [0.4, 0.5) is 0 Å². The summed E-state index contributed by atoms with van der Waals surface area (Å²) in [5, 5.41) is 0. The van der Waals surface area contributed by atoms with Gasteiger partial charge in [-0.3, -0.25) is 0 Å². The summed E-state index contributed by atoms with van der Waals surface area (Å²) in [5.74, 6) is 0.504. The molecule has 0 unspecified atom stereocenters. The maximum Gasteiger partial charge on any atom is 0.428 e. The lowest BCUT2D eigenvalue weighted by Gasteiger charge is -2.14. The molecule has 0 saturated carbocycles. The number of benzene rings is 1. The first-order valence-electron chi connectivity index (χ1n) is 3.89. The molecule has 1 aromatic carbocycles. The van der Waals surface area contributed by atoms with E-state index in [0.29, 0.717) is 11.3 Å². The Morgan fingerprint density at radius 2 is 2.20 bits per heavy atom. The van der Waals surface area contributed by atoms with Crippen molar-refractivity contribution in [1.82, 2.24) is 0 Å².